The highest BCUT2D eigenvalue weighted by molar-refractivity contribution is 4.96. The summed E-state index contributed by atoms with van der Waals surface area (Å²) >= 11 is 0. The van der Waals surface area contributed by atoms with Crippen molar-refractivity contribution < 1.29 is 14.6 Å². The van der Waals surface area contributed by atoms with Crippen LogP contribution in [0.4, 0.5) is 0 Å². The number of rotatable bonds is 2. The maximum Gasteiger partial charge on any atom is 0.163 e. The van der Waals surface area contributed by atoms with Gasteiger partial charge in [0.05, 0.1) is 19.3 Å². The van der Waals surface area contributed by atoms with Gasteiger partial charge in [0.25, 0.3) is 0 Å². The summed E-state index contributed by atoms with van der Waals surface area (Å²) in [6.07, 6.45) is 3.46. The molecule has 1 atom stereocenters. The predicted molar refractivity (Wildman–Crippen MR) is 48.3 cm³/mol. The Labute approximate surface area is 79.0 Å². The monoisotopic (exact) mass is 186 g/mol. The highest BCUT2D eigenvalue weighted by Gasteiger charge is 2.49. The smallest absolute Gasteiger partial charge is 0.163 e. The predicted octanol–water partition coefficient (Wildman–Crippen LogP) is 1.30. The molecule has 3 heteroatoms. The van der Waals surface area contributed by atoms with Crippen molar-refractivity contribution in [1.29, 1.82) is 0 Å². The van der Waals surface area contributed by atoms with E-state index < -0.39 is 5.79 Å². The molecule has 3 nitrogen and oxygen atoms in total. The normalized spacial score (nSPS) is 35.8. The first kappa shape index (κ1) is 9.44. The maximum atomic E-state index is 9.33. The molecule has 1 heterocycles. The Morgan fingerprint density at radius 1 is 1.38 bits per heavy atom. The number of aliphatic hydroxyl groups excluding tert-OH is 1. The number of hydrogen-bond acceptors (Lipinski definition) is 3. The van der Waals surface area contributed by atoms with Gasteiger partial charge in [-0.1, -0.05) is 6.42 Å². The first-order valence-corrected chi connectivity index (χ1v) is 5.01. The third-order valence-corrected chi connectivity index (χ3v) is 3.36. The van der Waals surface area contributed by atoms with Crippen LogP contribution in [0.25, 0.3) is 0 Å². The fourth-order valence-electron chi connectivity index (χ4n) is 2.20. The summed E-state index contributed by atoms with van der Waals surface area (Å²) in [6, 6.07) is 0. The van der Waals surface area contributed by atoms with E-state index in [2.05, 4.69) is 0 Å². The number of hydrogen-bond donors (Lipinski definition) is 1. The summed E-state index contributed by atoms with van der Waals surface area (Å²) in [5.41, 5.74) is 0.00771. The van der Waals surface area contributed by atoms with Crippen molar-refractivity contribution >= 4 is 0 Å². The van der Waals surface area contributed by atoms with Crippen molar-refractivity contribution in [2.24, 2.45) is 5.41 Å². The highest BCUT2D eigenvalue weighted by Crippen LogP contribution is 2.47. The zero-order valence-electron chi connectivity index (χ0n) is 8.38. The van der Waals surface area contributed by atoms with Crippen molar-refractivity contribution in [3.63, 3.8) is 0 Å². The van der Waals surface area contributed by atoms with E-state index in [0.717, 1.165) is 12.8 Å². The van der Waals surface area contributed by atoms with Gasteiger partial charge in [-0.3, -0.25) is 0 Å². The minimum Gasteiger partial charge on any atom is -0.396 e. The minimum absolute atomic E-state index is 0.00771. The molecule has 0 radical (unpaired) electrons. The molecular formula is C10H18O3. The molecule has 0 aromatic carbocycles. The van der Waals surface area contributed by atoms with Gasteiger partial charge in [0.1, 0.15) is 0 Å². The van der Waals surface area contributed by atoms with Crippen molar-refractivity contribution in [3.8, 4) is 0 Å². The summed E-state index contributed by atoms with van der Waals surface area (Å²) in [6.45, 7) is 4.72. The van der Waals surface area contributed by atoms with Gasteiger partial charge in [0.2, 0.25) is 0 Å². The molecule has 1 saturated carbocycles. The zero-order chi connectivity index (χ0) is 9.53. The molecule has 1 N–H and O–H groups in total. The van der Waals surface area contributed by atoms with Crippen molar-refractivity contribution in [2.45, 2.75) is 45.0 Å². The molecule has 0 bridgehead atoms. The molecule has 0 aromatic rings. The van der Waals surface area contributed by atoms with Crippen LogP contribution in [0, 0.1) is 5.41 Å². The second kappa shape index (κ2) is 2.94. The molecule has 1 saturated heterocycles. The van der Waals surface area contributed by atoms with E-state index in [1.165, 1.54) is 6.42 Å². The summed E-state index contributed by atoms with van der Waals surface area (Å²) in [5.74, 6) is -0.456. The first-order chi connectivity index (χ1) is 6.08. The van der Waals surface area contributed by atoms with Gasteiger partial charge < -0.3 is 14.6 Å². The second-order valence-electron chi connectivity index (χ2n) is 4.69. The summed E-state index contributed by atoms with van der Waals surface area (Å²) in [7, 11) is 0. The largest absolute Gasteiger partial charge is 0.396 e. The summed E-state index contributed by atoms with van der Waals surface area (Å²) in [5, 5.41) is 9.33. The lowest BCUT2D eigenvalue weighted by Gasteiger charge is -2.44. The van der Waals surface area contributed by atoms with Crippen molar-refractivity contribution in [2.75, 3.05) is 13.2 Å². The van der Waals surface area contributed by atoms with Gasteiger partial charge in [0.15, 0.2) is 5.79 Å². The van der Waals surface area contributed by atoms with Crippen LogP contribution in [0.15, 0.2) is 0 Å². The molecule has 1 aliphatic heterocycles. The van der Waals surface area contributed by atoms with Crippen LogP contribution in [-0.4, -0.2) is 30.2 Å². The molecule has 0 amide bonds. The van der Waals surface area contributed by atoms with Crippen LogP contribution in [-0.2, 0) is 9.47 Å². The summed E-state index contributed by atoms with van der Waals surface area (Å²) in [4.78, 5) is 0. The van der Waals surface area contributed by atoms with Crippen LogP contribution in [0.5, 0.6) is 0 Å². The van der Waals surface area contributed by atoms with Crippen molar-refractivity contribution in [3.05, 3.63) is 0 Å². The molecular weight excluding hydrogens is 168 g/mol. The zero-order valence-corrected chi connectivity index (χ0v) is 8.38. The molecule has 76 valence electrons. The fraction of sp³-hybridized carbons (Fsp3) is 1.00. The molecule has 0 spiro atoms. The Hall–Kier alpha value is -0.120. The average Bonchev–Trinajstić information content (AvgIpc) is 2.30. The van der Waals surface area contributed by atoms with Crippen LogP contribution in [0.3, 0.4) is 0 Å². The highest BCUT2D eigenvalue weighted by atomic mass is 16.7. The minimum atomic E-state index is -0.456. The Morgan fingerprint density at radius 3 is 2.38 bits per heavy atom. The van der Waals surface area contributed by atoms with E-state index in [1.54, 1.807) is 0 Å². The van der Waals surface area contributed by atoms with E-state index in [1.807, 2.05) is 13.8 Å². The van der Waals surface area contributed by atoms with Crippen LogP contribution in [0.2, 0.25) is 0 Å². The van der Waals surface area contributed by atoms with E-state index in [-0.39, 0.29) is 18.1 Å². The molecule has 2 fully saturated rings. The topological polar surface area (TPSA) is 38.7 Å². The van der Waals surface area contributed by atoms with Crippen LogP contribution < -0.4 is 0 Å². The number of ether oxygens (including phenoxy) is 2. The SMILES string of the molecule is CC1(C)OCC(C2(CO)CCC2)O1. The fourth-order valence-corrected chi connectivity index (χ4v) is 2.20. The molecule has 0 aromatic heterocycles. The van der Waals surface area contributed by atoms with E-state index >= 15 is 0 Å². The molecule has 1 aliphatic carbocycles. The molecule has 2 aliphatic rings. The van der Waals surface area contributed by atoms with Gasteiger partial charge >= 0.3 is 0 Å². The Bertz CT molecular complexity index is 191. The first-order valence-electron chi connectivity index (χ1n) is 5.01. The lowest BCUT2D eigenvalue weighted by atomic mass is 9.66. The Balaban J connectivity index is 2.02. The van der Waals surface area contributed by atoms with E-state index in [9.17, 15) is 5.11 Å². The van der Waals surface area contributed by atoms with Gasteiger partial charge in [-0.15, -0.1) is 0 Å². The molecule has 1 unspecified atom stereocenters. The third kappa shape index (κ3) is 1.49. The standard InChI is InChI=1S/C10H18O3/c1-9(2)12-6-8(13-9)10(7-11)4-3-5-10/h8,11H,3-7H2,1-2H3. The van der Waals surface area contributed by atoms with Gasteiger partial charge in [-0.05, 0) is 26.7 Å². The van der Waals surface area contributed by atoms with E-state index in [4.69, 9.17) is 9.47 Å². The van der Waals surface area contributed by atoms with Gasteiger partial charge in [0, 0.05) is 5.41 Å². The quantitative estimate of drug-likeness (QED) is 0.706. The maximum absolute atomic E-state index is 9.33. The number of aliphatic hydroxyl groups is 1. The lowest BCUT2D eigenvalue weighted by Crippen LogP contribution is -2.46. The average molecular weight is 186 g/mol. The van der Waals surface area contributed by atoms with Crippen LogP contribution >= 0.6 is 0 Å². The Morgan fingerprint density at radius 2 is 2.08 bits per heavy atom. The van der Waals surface area contributed by atoms with Crippen molar-refractivity contribution in [1.82, 2.24) is 0 Å². The Kier molecular flexibility index (Phi) is 2.13. The van der Waals surface area contributed by atoms with Crippen LogP contribution in [0.1, 0.15) is 33.1 Å². The third-order valence-electron chi connectivity index (χ3n) is 3.36. The lowest BCUT2D eigenvalue weighted by molar-refractivity contribution is -0.169. The van der Waals surface area contributed by atoms with Gasteiger partial charge in [-0.25, -0.2) is 0 Å². The summed E-state index contributed by atoms with van der Waals surface area (Å²) < 4.78 is 11.3. The molecule has 2 rings (SSSR count). The van der Waals surface area contributed by atoms with E-state index in [0.29, 0.717) is 6.61 Å². The second-order valence-corrected chi connectivity index (χ2v) is 4.69. The van der Waals surface area contributed by atoms with Gasteiger partial charge in [-0.2, -0.15) is 0 Å². The molecule has 13 heavy (non-hydrogen) atoms.